The van der Waals surface area contributed by atoms with Gasteiger partial charge in [0.15, 0.2) is 11.6 Å². The maximum absolute atomic E-state index is 12.8. The summed E-state index contributed by atoms with van der Waals surface area (Å²) in [6.45, 7) is 3.06. The van der Waals surface area contributed by atoms with Gasteiger partial charge in [-0.2, -0.15) is 0 Å². The molecule has 24 heavy (non-hydrogen) atoms. The Kier molecular flexibility index (Phi) is 4.78. The summed E-state index contributed by atoms with van der Waals surface area (Å²) in [5.41, 5.74) is 1.02. The van der Waals surface area contributed by atoms with Crippen LogP contribution in [0.25, 0.3) is 11.3 Å². The van der Waals surface area contributed by atoms with Crippen LogP contribution < -0.4 is 10.6 Å². The average molecular weight is 350 g/mol. The zero-order valence-electron chi connectivity index (χ0n) is 13.7. The van der Waals surface area contributed by atoms with E-state index in [1.165, 1.54) is 0 Å². The van der Waals surface area contributed by atoms with Gasteiger partial charge in [0.1, 0.15) is 5.56 Å². The topological polar surface area (TPSA) is 76.4 Å². The number of halogens is 1. The van der Waals surface area contributed by atoms with E-state index in [4.69, 9.17) is 20.9 Å². The highest BCUT2D eigenvalue weighted by Gasteiger charge is 2.40. The Morgan fingerprint density at radius 1 is 1.38 bits per heavy atom. The molecule has 1 amide bonds. The van der Waals surface area contributed by atoms with Gasteiger partial charge in [-0.25, -0.2) is 0 Å². The molecule has 0 atom stereocenters. The number of anilines is 1. The summed E-state index contributed by atoms with van der Waals surface area (Å²) in [5, 5.41) is 10.8. The van der Waals surface area contributed by atoms with Crippen molar-refractivity contribution in [3.8, 4) is 11.3 Å². The third-order valence-electron chi connectivity index (χ3n) is 4.04. The Balaban J connectivity index is 1.92. The Morgan fingerprint density at radius 2 is 2.08 bits per heavy atom. The molecule has 1 heterocycles. The molecule has 128 valence electrons. The molecule has 2 N–H and O–H groups in total. The number of carbonyl (C=O) groups excluding carboxylic acids is 1. The van der Waals surface area contributed by atoms with E-state index in [1.807, 2.05) is 6.92 Å². The second-order valence-electron chi connectivity index (χ2n) is 6.18. The summed E-state index contributed by atoms with van der Waals surface area (Å²) >= 11 is 5.93. The third kappa shape index (κ3) is 3.71. The van der Waals surface area contributed by atoms with Gasteiger partial charge in [-0.3, -0.25) is 4.79 Å². The number of amides is 1. The lowest BCUT2D eigenvalue weighted by molar-refractivity contribution is 0.0936. The molecule has 1 aliphatic rings. The number of hydrogen-bond acceptors (Lipinski definition) is 5. The molecule has 1 aromatic heterocycles. The molecule has 0 unspecified atom stereocenters. The zero-order chi connectivity index (χ0) is 17.2. The van der Waals surface area contributed by atoms with Crippen LogP contribution in [-0.2, 0) is 4.74 Å². The van der Waals surface area contributed by atoms with E-state index in [0.29, 0.717) is 35.3 Å². The summed E-state index contributed by atoms with van der Waals surface area (Å²) < 4.78 is 10.5. The van der Waals surface area contributed by atoms with Crippen LogP contribution in [0, 0.1) is 0 Å². The number of hydrogen-bond donors (Lipinski definition) is 2. The Bertz CT molecular complexity index is 723. The first-order chi connectivity index (χ1) is 11.5. The molecule has 1 saturated carbocycles. The Hall–Kier alpha value is -2.05. The number of ether oxygens (including phenoxy) is 1. The predicted octanol–water partition coefficient (Wildman–Crippen LogP) is 3.34. The van der Waals surface area contributed by atoms with Crippen LogP contribution in [0.15, 0.2) is 28.8 Å². The van der Waals surface area contributed by atoms with Crippen molar-refractivity contribution < 1.29 is 14.1 Å². The predicted molar refractivity (Wildman–Crippen MR) is 92.4 cm³/mol. The molecule has 1 aliphatic carbocycles. The van der Waals surface area contributed by atoms with Crippen molar-refractivity contribution >= 4 is 23.3 Å². The number of carbonyl (C=O) groups is 1. The SMILES string of the molecule is COCCNc1noc(-c2ccc(Cl)cc2)c1C(=O)NC1(C)CC1. The molecule has 0 spiro atoms. The second kappa shape index (κ2) is 6.83. The molecule has 2 aromatic rings. The van der Waals surface area contributed by atoms with Gasteiger partial charge in [-0.1, -0.05) is 16.8 Å². The lowest BCUT2D eigenvalue weighted by atomic mass is 10.1. The van der Waals surface area contributed by atoms with Crippen molar-refractivity contribution in [1.29, 1.82) is 0 Å². The normalized spacial score (nSPS) is 15.1. The number of aromatic nitrogens is 1. The standard InChI is InChI=1S/C17H20ClN3O3/c1-17(7-8-17)20-16(22)13-14(11-3-5-12(18)6-4-11)24-21-15(13)19-9-10-23-2/h3-6H,7-10H2,1-2H3,(H,19,21)(H,20,22). The maximum atomic E-state index is 12.8. The van der Waals surface area contributed by atoms with E-state index < -0.39 is 0 Å². The van der Waals surface area contributed by atoms with Crippen LogP contribution in [0.1, 0.15) is 30.1 Å². The minimum absolute atomic E-state index is 0.130. The monoisotopic (exact) mass is 349 g/mol. The molecule has 0 radical (unpaired) electrons. The van der Waals surface area contributed by atoms with Crippen LogP contribution >= 0.6 is 11.6 Å². The fraction of sp³-hybridized carbons (Fsp3) is 0.412. The number of rotatable bonds is 7. The molecular weight excluding hydrogens is 330 g/mol. The van der Waals surface area contributed by atoms with E-state index in [0.717, 1.165) is 18.4 Å². The zero-order valence-corrected chi connectivity index (χ0v) is 14.4. The van der Waals surface area contributed by atoms with E-state index in [-0.39, 0.29) is 11.4 Å². The fourth-order valence-electron chi connectivity index (χ4n) is 2.34. The number of methoxy groups -OCH3 is 1. The summed E-state index contributed by atoms with van der Waals surface area (Å²) in [7, 11) is 1.62. The molecule has 0 bridgehead atoms. The van der Waals surface area contributed by atoms with Crippen molar-refractivity contribution in [1.82, 2.24) is 10.5 Å². The van der Waals surface area contributed by atoms with Gasteiger partial charge in [0.25, 0.3) is 5.91 Å². The van der Waals surface area contributed by atoms with Crippen molar-refractivity contribution in [2.75, 3.05) is 25.6 Å². The first kappa shape index (κ1) is 16.8. The highest BCUT2D eigenvalue weighted by atomic mass is 35.5. The van der Waals surface area contributed by atoms with Crippen LogP contribution in [0.3, 0.4) is 0 Å². The lowest BCUT2D eigenvalue weighted by Crippen LogP contribution is -2.34. The second-order valence-corrected chi connectivity index (χ2v) is 6.61. The van der Waals surface area contributed by atoms with E-state index in [2.05, 4.69) is 15.8 Å². The molecule has 1 fully saturated rings. The van der Waals surface area contributed by atoms with Gasteiger partial charge in [-0.05, 0) is 44.0 Å². The lowest BCUT2D eigenvalue weighted by Gasteiger charge is -2.12. The third-order valence-corrected chi connectivity index (χ3v) is 4.29. The van der Waals surface area contributed by atoms with Crippen molar-refractivity contribution in [2.45, 2.75) is 25.3 Å². The van der Waals surface area contributed by atoms with Crippen LogP contribution in [0.2, 0.25) is 5.02 Å². The molecular formula is C17H20ClN3O3. The first-order valence-corrected chi connectivity index (χ1v) is 8.21. The Morgan fingerprint density at radius 3 is 2.71 bits per heavy atom. The number of nitrogens with one attached hydrogen (secondary N) is 2. The van der Waals surface area contributed by atoms with Gasteiger partial charge in [0.05, 0.1) is 6.61 Å². The smallest absolute Gasteiger partial charge is 0.259 e. The minimum atomic E-state index is -0.193. The highest BCUT2D eigenvalue weighted by molar-refractivity contribution is 6.30. The largest absolute Gasteiger partial charge is 0.383 e. The van der Waals surface area contributed by atoms with E-state index in [1.54, 1.807) is 31.4 Å². The summed E-state index contributed by atoms with van der Waals surface area (Å²) in [5.74, 6) is 0.646. The van der Waals surface area contributed by atoms with E-state index >= 15 is 0 Å². The number of benzene rings is 1. The molecule has 6 nitrogen and oxygen atoms in total. The average Bonchev–Trinajstić information content (AvgIpc) is 3.12. The van der Waals surface area contributed by atoms with Crippen molar-refractivity contribution in [3.63, 3.8) is 0 Å². The van der Waals surface area contributed by atoms with Gasteiger partial charge in [0, 0.05) is 29.8 Å². The summed E-state index contributed by atoms with van der Waals surface area (Å²) in [6.07, 6.45) is 1.96. The molecule has 0 aliphatic heterocycles. The van der Waals surface area contributed by atoms with Gasteiger partial charge >= 0.3 is 0 Å². The highest BCUT2D eigenvalue weighted by Crippen LogP contribution is 2.36. The van der Waals surface area contributed by atoms with Crippen molar-refractivity contribution in [2.24, 2.45) is 0 Å². The first-order valence-electron chi connectivity index (χ1n) is 7.83. The van der Waals surface area contributed by atoms with E-state index in [9.17, 15) is 4.79 Å². The number of nitrogens with zero attached hydrogens (tertiary/aromatic N) is 1. The summed E-state index contributed by atoms with van der Waals surface area (Å²) in [6, 6.07) is 7.11. The van der Waals surface area contributed by atoms with Crippen LogP contribution in [-0.4, -0.2) is 36.9 Å². The summed E-state index contributed by atoms with van der Waals surface area (Å²) in [4.78, 5) is 12.8. The van der Waals surface area contributed by atoms with Gasteiger partial charge in [0.2, 0.25) is 0 Å². The van der Waals surface area contributed by atoms with Gasteiger partial charge < -0.3 is 19.9 Å². The van der Waals surface area contributed by atoms with Crippen LogP contribution in [0.4, 0.5) is 5.82 Å². The molecule has 0 saturated heterocycles. The maximum Gasteiger partial charge on any atom is 0.259 e. The quantitative estimate of drug-likeness (QED) is 0.750. The Labute approximate surface area is 145 Å². The molecule has 3 rings (SSSR count). The molecule has 7 heteroatoms. The van der Waals surface area contributed by atoms with Crippen LogP contribution in [0.5, 0.6) is 0 Å². The fourth-order valence-corrected chi connectivity index (χ4v) is 2.47. The minimum Gasteiger partial charge on any atom is -0.383 e. The molecule has 1 aromatic carbocycles. The van der Waals surface area contributed by atoms with Gasteiger partial charge in [-0.15, -0.1) is 0 Å². The van der Waals surface area contributed by atoms with Crippen molar-refractivity contribution in [3.05, 3.63) is 34.9 Å².